The molecule has 0 N–H and O–H groups in total. The highest BCUT2D eigenvalue weighted by molar-refractivity contribution is 6.94. The van der Waals surface area contributed by atoms with Gasteiger partial charge in [-0.3, -0.25) is 13.7 Å². The van der Waals surface area contributed by atoms with Crippen LogP contribution in [-0.4, -0.2) is 22.7 Å². The van der Waals surface area contributed by atoms with E-state index in [0.717, 1.165) is 88.8 Å². The van der Waals surface area contributed by atoms with Gasteiger partial charge in [0.2, 0.25) is 0 Å². The van der Waals surface area contributed by atoms with Gasteiger partial charge in [-0.25, -0.2) is 4.98 Å². The summed E-state index contributed by atoms with van der Waals surface area (Å²) in [5.41, 5.74) is 11.9. The summed E-state index contributed by atoms with van der Waals surface area (Å²) >= 11 is 0. The fourth-order valence-electron chi connectivity index (χ4n) is 9.53. The third-order valence-electron chi connectivity index (χ3n) is 12.7. The van der Waals surface area contributed by atoms with Crippen LogP contribution >= 0.6 is 0 Å². The molecule has 11 aromatic rings. The average Bonchev–Trinajstić information content (AvgIpc) is 4.05. The number of hydrogen-bond donors (Lipinski definition) is 0. The topological polar surface area (TPSA) is 45.1 Å². The summed E-state index contributed by atoms with van der Waals surface area (Å²) in [7, 11) is -3.48. The first kappa shape index (κ1) is 38.7. The third kappa shape index (κ3) is 6.38. The third-order valence-corrected chi connectivity index (χ3v) is 15.9. The molecule has 0 bridgehead atoms. The minimum atomic E-state index is -3.48. The van der Waals surface area contributed by atoms with Gasteiger partial charge in [-0.2, -0.15) is 0 Å². The van der Waals surface area contributed by atoms with Gasteiger partial charge in [-0.1, -0.05) is 178 Å². The fourth-order valence-corrected chi connectivity index (χ4v) is 12.6. The number of imidazole rings is 1. The Morgan fingerprint density at radius 3 is 1.83 bits per heavy atom. The molecule has 0 amide bonds. The Balaban J connectivity index is 1.06. The summed E-state index contributed by atoms with van der Waals surface area (Å²) in [5.74, 6) is 2.36. The van der Waals surface area contributed by atoms with Crippen molar-refractivity contribution in [3.63, 3.8) is 0 Å². The Morgan fingerprint density at radius 1 is 0.523 bits per heavy atom. The van der Waals surface area contributed by atoms with E-state index in [-0.39, 0.29) is 5.41 Å². The lowest BCUT2D eigenvalue weighted by molar-refractivity contribution is -0.571. The summed E-state index contributed by atoms with van der Waals surface area (Å²) in [4.78, 5) is 4.97. The zero-order chi connectivity index (χ0) is 43.7. The highest BCUT2D eigenvalue weighted by atomic mass is 28.4. The van der Waals surface area contributed by atoms with Crippen LogP contribution in [-0.2, 0) is 5.41 Å². The number of para-hydroxylation sites is 6. The van der Waals surface area contributed by atoms with E-state index in [1.807, 2.05) is 30.5 Å². The average molecular weight is 857 g/mol. The first-order valence-electron chi connectivity index (χ1n) is 22.1. The predicted octanol–water partition coefficient (Wildman–Crippen LogP) is 11.9. The Bertz CT molecular complexity index is 3520. The molecule has 0 unspecified atom stereocenters. The first-order chi connectivity index (χ1) is 31.8. The van der Waals surface area contributed by atoms with Crippen molar-refractivity contribution in [1.29, 1.82) is 0 Å². The quantitative estimate of drug-likeness (QED) is 0.0911. The van der Waals surface area contributed by atoms with E-state index >= 15 is 0 Å². The van der Waals surface area contributed by atoms with Gasteiger partial charge in [0, 0.05) is 27.3 Å². The maximum absolute atomic E-state index is 7.25. The van der Waals surface area contributed by atoms with E-state index in [0.29, 0.717) is 0 Å². The Hall–Kier alpha value is -8.00. The van der Waals surface area contributed by atoms with Gasteiger partial charge in [0.1, 0.15) is 17.3 Å². The summed E-state index contributed by atoms with van der Waals surface area (Å²) in [6, 6.07) is 72.7. The predicted molar refractivity (Wildman–Crippen MR) is 265 cm³/mol. The highest BCUT2D eigenvalue weighted by Crippen LogP contribution is 2.39. The molecule has 0 radical (unpaired) electrons. The van der Waals surface area contributed by atoms with Crippen LogP contribution in [0.25, 0.3) is 72.3 Å². The van der Waals surface area contributed by atoms with Crippen LogP contribution in [0.5, 0.6) is 11.5 Å². The molecule has 65 heavy (non-hydrogen) atoms. The number of hydrogen-bond acceptors (Lipinski definition) is 3. The van der Waals surface area contributed by atoms with Gasteiger partial charge in [-0.15, -0.1) is 0 Å². The summed E-state index contributed by atoms with van der Waals surface area (Å²) in [6.45, 7) is 6.72. The van der Waals surface area contributed by atoms with E-state index in [1.54, 1.807) is 0 Å². The van der Waals surface area contributed by atoms with Crippen molar-refractivity contribution in [2.24, 2.45) is 0 Å². The Kier molecular flexibility index (Phi) is 8.96. The fraction of sp³-hybridized carbons (Fsp3) is 0.0690. The standard InChI is InChI=1S/C58H44N4O2Si/c1-58(2,3)42-34-35-59-56(36-42)62-50-27-11-10-24-48(50)49-33-32-45(38-53(49)62)65(63-54-30-14-15-31-55(54)64-65)44-23-16-22-43(37-44)60-39-61(52-29-13-12-28-51(52)60)57-46(40-18-6-4-7-19-40)25-17-26-47(57)41-20-8-5-9-21-41/h4-38H,1-3H3. The molecule has 4 heterocycles. The van der Waals surface area contributed by atoms with Crippen LogP contribution in [0.2, 0.25) is 0 Å². The second-order valence-corrected chi connectivity index (χ2v) is 20.5. The van der Waals surface area contributed by atoms with Crippen LogP contribution < -0.4 is 23.8 Å². The minimum absolute atomic E-state index is 0.0435. The molecular formula is C58H44N4O2Si. The molecule has 1 aliphatic rings. The normalized spacial score (nSPS) is 13.2. The van der Waals surface area contributed by atoms with Crippen molar-refractivity contribution >= 4 is 51.8 Å². The minimum Gasteiger partial charge on any atom is -0.502 e. The Morgan fingerprint density at radius 2 is 1.12 bits per heavy atom. The zero-order valence-electron chi connectivity index (χ0n) is 36.3. The number of nitrogens with zero attached hydrogens (tertiary/aromatic N) is 4. The maximum atomic E-state index is 7.25. The molecule has 12 rings (SSSR count). The van der Waals surface area contributed by atoms with Crippen molar-refractivity contribution in [2.45, 2.75) is 26.2 Å². The summed E-state index contributed by atoms with van der Waals surface area (Å²) < 4.78 is 21.2. The molecule has 0 aliphatic carbocycles. The molecule has 7 heteroatoms. The van der Waals surface area contributed by atoms with Gasteiger partial charge in [0.15, 0.2) is 0 Å². The first-order valence-corrected chi connectivity index (χ1v) is 23.9. The van der Waals surface area contributed by atoms with E-state index in [2.05, 4.69) is 223 Å². The molecule has 3 aromatic heterocycles. The number of benzene rings is 8. The smallest absolute Gasteiger partial charge is 0.502 e. The van der Waals surface area contributed by atoms with Gasteiger partial charge in [0.25, 0.3) is 6.33 Å². The summed E-state index contributed by atoms with van der Waals surface area (Å²) in [5, 5.41) is 4.28. The van der Waals surface area contributed by atoms with Gasteiger partial charge in [0.05, 0.1) is 33.4 Å². The largest absolute Gasteiger partial charge is 0.530 e. The van der Waals surface area contributed by atoms with Crippen LogP contribution in [0, 0.1) is 6.33 Å². The van der Waals surface area contributed by atoms with Crippen molar-refractivity contribution in [2.75, 3.05) is 0 Å². The number of fused-ring (bicyclic) bond motifs is 5. The zero-order valence-corrected chi connectivity index (χ0v) is 37.3. The molecule has 312 valence electrons. The van der Waals surface area contributed by atoms with Crippen molar-refractivity contribution in [3.8, 4) is 50.9 Å². The van der Waals surface area contributed by atoms with Crippen LogP contribution in [0.4, 0.5) is 0 Å². The van der Waals surface area contributed by atoms with E-state index in [4.69, 9.17) is 13.8 Å². The molecule has 0 fully saturated rings. The van der Waals surface area contributed by atoms with E-state index in [9.17, 15) is 0 Å². The second-order valence-electron chi connectivity index (χ2n) is 17.7. The van der Waals surface area contributed by atoms with Gasteiger partial charge < -0.3 is 8.85 Å². The monoisotopic (exact) mass is 856 g/mol. The van der Waals surface area contributed by atoms with Crippen molar-refractivity contribution < 1.29 is 13.4 Å². The van der Waals surface area contributed by atoms with Crippen LogP contribution in [0.1, 0.15) is 26.3 Å². The lowest BCUT2D eigenvalue weighted by Crippen LogP contribution is -2.66. The van der Waals surface area contributed by atoms with Crippen LogP contribution in [0.3, 0.4) is 0 Å². The molecule has 0 atom stereocenters. The van der Waals surface area contributed by atoms with Gasteiger partial charge in [-0.05, 0) is 81.8 Å². The van der Waals surface area contributed by atoms with Gasteiger partial charge >= 0.3 is 8.56 Å². The molecular weight excluding hydrogens is 813 g/mol. The molecule has 1 aliphatic heterocycles. The SMILES string of the molecule is CC(C)(C)c1ccnc(-n2c3ccccc3c3ccc([Si]4(c5cccc(-n6[c-][n+](-c7c(-c8ccccc8)cccc7-c7ccccc7)c7ccccc76)c5)Oc5ccccc5O4)cc32)c1. The molecule has 0 spiro atoms. The number of rotatable bonds is 7. The molecule has 0 saturated carbocycles. The highest BCUT2D eigenvalue weighted by Gasteiger charge is 2.52. The second kappa shape index (κ2) is 15.1. The number of pyridine rings is 1. The van der Waals surface area contributed by atoms with Crippen molar-refractivity contribution in [3.05, 3.63) is 224 Å². The van der Waals surface area contributed by atoms with E-state index in [1.165, 1.54) is 10.9 Å². The number of aromatic nitrogens is 4. The lowest BCUT2D eigenvalue weighted by atomic mass is 9.88. The van der Waals surface area contributed by atoms with Crippen LogP contribution in [0.15, 0.2) is 212 Å². The van der Waals surface area contributed by atoms with E-state index < -0.39 is 8.56 Å². The summed E-state index contributed by atoms with van der Waals surface area (Å²) in [6.07, 6.45) is 5.79. The molecule has 0 saturated heterocycles. The molecule has 6 nitrogen and oxygen atoms in total. The maximum Gasteiger partial charge on any atom is 0.530 e. The lowest BCUT2D eigenvalue weighted by Gasteiger charge is -2.25. The van der Waals surface area contributed by atoms with Crippen molar-refractivity contribution in [1.82, 2.24) is 14.1 Å². The molecule has 8 aromatic carbocycles. The Labute approximate surface area is 379 Å².